The molecule has 2 aromatic carbocycles. The zero-order chi connectivity index (χ0) is 17.6. The Kier molecular flexibility index (Phi) is 4.95. The van der Waals surface area contributed by atoms with Gasteiger partial charge in [-0.15, -0.1) is 0 Å². The molecule has 0 saturated heterocycles. The Bertz CT molecular complexity index is 858. The van der Waals surface area contributed by atoms with Gasteiger partial charge in [-0.05, 0) is 36.8 Å². The molecule has 0 bridgehead atoms. The van der Waals surface area contributed by atoms with E-state index in [0.29, 0.717) is 23.5 Å². The molecule has 126 valence electrons. The monoisotopic (exact) mass is 332 g/mol. The van der Waals surface area contributed by atoms with Crippen LogP contribution >= 0.6 is 0 Å². The molecule has 0 aliphatic carbocycles. The highest BCUT2D eigenvalue weighted by molar-refractivity contribution is 6.05. The lowest BCUT2D eigenvalue weighted by Gasteiger charge is -2.09. The predicted molar refractivity (Wildman–Crippen MR) is 102 cm³/mol. The van der Waals surface area contributed by atoms with Crippen molar-refractivity contribution in [3.63, 3.8) is 0 Å². The normalized spacial score (nSPS) is 10.3. The summed E-state index contributed by atoms with van der Waals surface area (Å²) < 4.78 is 0. The standard InChI is InChI=1S/C20H20N4O/c1-14-6-8-15(9-7-14)12-22-19-11-10-16(13-23-19)20(25)24-18-5-3-2-4-17(18)21/h2-11,13H,12,21H2,1H3,(H,22,23)(H,24,25). The van der Waals surface area contributed by atoms with Crippen LogP contribution in [0.25, 0.3) is 0 Å². The van der Waals surface area contributed by atoms with Crippen LogP contribution in [0.5, 0.6) is 0 Å². The molecule has 0 radical (unpaired) electrons. The van der Waals surface area contributed by atoms with E-state index in [4.69, 9.17) is 5.73 Å². The first-order valence-electron chi connectivity index (χ1n) is 8.03. The van der Waals surface area contributed by atoms with E-state index in [-0.39, 0.29) is 5.91 Å². The Morgan fingerprint density at radius 2 is 1.80 bits per heavy atom. The third kappa shape index (κ3) is 4.35. The summed E-state index contributed by atoms with van der Waals surface area (Å²) in [5, 5.41) is 6.03. The second-order valence-electron chi connectivity index (χ2n) is 5.81. The van der Waals surface area contributed by atoms with Gasteiger partial charge in [0.1, 0.15) is 5.82 Å². The molecule has 0 saturated carbocycles. The number of pyridine rings is 1. The van der Waals surface area contributed by atoms with Gasteiger partial charge in [-0.25, -0.2) is 4.98 Å². The van der Waals surface area contributed by atoms with Crippen molar-refractivity contribution >= 4 is 23.1 Å². The molecule has 3 rings (SSSR count). The van der Waals surface area contributed by atoms with E-state index in [9.17, 15) is 4.79 Å². The van der Waals surface area contributed by atoms with E-state index in [2.05, 4.69) is 46.8 Å². The Morgan fingerprint density at radius 3 is 2.48 bits per heavy atom. The average Bonchev–Trinajstić information content (AvgIpc) is 2.63. The van der Waals surface area contributed by atoms with Crippen LogP contribution < -0.4 is 16.4 Å². The number of nitrogens with zero attached hydrogens (tertiary/aromatic N) is 1. The minimum Gasteiger partial charge on any atom is -0.397 e. The molecule has 25 heavy (non-hydrogen) atoms. The molecule has 0 atom stereocenters. The molecule has 5 nitrogen and oxygen atoms in total. The zero-order valence-electron chi connectivity index (χ0n) is 14.0. The summed E-state index contributed by atoms with van der Waals surface area (Å²) in [5.74, 6) is 0.479. The highest BCUT2D eigenvalue weighted by Gasteiger charge is 2.08. The van der Waals surface area contributed by atoms with E-state index >= 15 is 0 Å². The fourth-order valence-electron chi connectivity index (χ4n) is 2.34. The fraction of sp³-hybridized carbons (Fsp3) is 0.100. The highest BCUT2D eigenvalue weighted by Crippen LogP contribution is 2.18. The minimum atomic E-state index is -0.240. The second kappa shape index (κ2) is 7.49. The van der Waals surface area contributed by atoms with Gasteiger partial charge in [0.2, 0.25) is 0 Å². The van der Waals surface area contributed by atoms with E-state index in [1.165, 1.54) is 11.1 Å². The fourth-order valence-corrected chi connectivity index (χ4v) is 2.34. The van der Waals surface area contributed by atoms with Crippen LogP contribution in [0.15, 0.2) is 66.9 Å². The lowest BCUT2D eigenvalue weighted by molar-refractivity contribution is 0.102. The van der Waals surface area contributed by atoms with Gasteiger partial charge in [0, 0.05) is 12.7 Å². The Balaban J connectivity index is 1.60. The number of anilines is 3. The van der Waals surface area contributed by atoms with E-state index in [1.54, 1.807) is 30.5 Å². The molecule has 5 heteroatoms. The van der Waals surface area contributed by atoms with Gasteiger partial charge >= 0.3 is 0 Å². The molecule has 1 aromatic heterocycles. The van der Waals surface area contributed by atoms with Crippen molar-refractivity contribution in [1.82, 2.24) is 4.98 Å². The van der Waals surface area contributed by atoms with Crippen molar-refractivity contribution in [2.45, 2.75) is 13.5 Å². The van der Waals surface area contributed by atoms with Crippen molar-refractivity contribution in [3.05, 3.63) is 83.6 Å². The number of nitrogens with one attached hydrogen (secondary N) is 2. The van der Waals surface area contributed by atoms with Crippen molar-refractivity contribution in [2.24, 2.45) is 0 Å². The summed E-state index contributed by atoms with van der Waals surface area (Å²) >= 11 is 0. The number of carbonyl (C=O) groups is 1. The summed E-state index contributed by atoms with van der Waals surface area (Å²) in [6.07, 6.45) is 1.55. The van der Waals surface area contributed by atoms with Crippen LogP contribution in [0, 0.1) is 6.92 Å². The third-order valence-corrected chi connectivity index (χ3v) is 3.83. The van der Waals surface area contributed by atoms with Gasteiger partial charge < -0.3 is 16.4 Å². The first-order chi connectivity index (χ1) is 12.1. The van der Waals surface area contributed by atoms with Gasteiger partial charge in [-0.1, -0.05) is 42.0 Å². The van der Waals surface area contributed by atoms with Crippen molar-refractivity contribution < 1.29 is 4.79 Å². The summed E-state index contributed by atoms with van der Waals surface area (Å²) in [6, 6.07) is 19.0. The lowest BCUT2D eigenvalue weighted by Crippen LogP contribution is -2.13. The quantitative estimate of drug-likeness (QED) is 0.620. The Hall–Kier alpha value is -3.34. The van der Waals surface area contributed by atoms with Crippen LogP contribution in [0.1, 0.15) is 21.5 Å². The number of hydrogen-bond acceptors (Lipinski definition) is 4. The van der Waals surface area contributed by atoms with Gasteiger partial charge in [0.25, 0.3) is 5.91 Å². The average molecular weight is 332 g/mol. The Morgan fingerprint density at radius 1 is 1.04 bits per heavy atom. The number of amides is 1. The van der Waals surface area contributed by atoms with Crippen LogP contribution in [-0.2, 0) is 6.54 Å². The van der Waals surface area contributed by atoms with Crippen LogP contribution in [-0.4, -0.2) is 10.9 Å². The number of benzene rings is 2. The number of rotatable bonds is 5. The molecule has 0 spiro atoms. The summed E-state index contributed by atoms with van der Waals surface area (Å²) in [7, 11) is 0. The maximum absolute atomic E-state index is 12.3. The van der Waals surface area contributed by atoms with Crippen molar-refractivity contribution in [2.75, 3.05) is 16.4 Å². The lowest BCUT2D eigenvalue weighted by atomic mass is 10.1. The van der Waals surface area contributed by atoms with Crippen LogP contribution in [0.4, 0.5) is 17.2 Å². The summed E-state index contributed by atoms with van der Waals surface area (Å²) in [5.41, 5.74) is 9.84. The number of carbonyl (C=O) groups excluding carboxylic acids is 1. The molecular formula is C20H20N4O. The molecule has 0 unspecified atom stereocenters. The van der Waals surface area contributed by atoms with Gasteiger partial charge in [0.15, 0.2) is 0 Å². The van der Waals surface area contributed by atoms with Crippen molar-refractivity contribution in [1.29, 1.82) is 0 Å². The number of hydrogen-bond donors (Lipinski definition) is 3. The highest BCUT2D eigenvalue weighted by atomic mass is 16.1. The number of para-hydroxylation sites is 2. The first kappa shape index (κ1) is 16.5. The van der Waals surface area contributed by atoms with E-state index in [1.807, 2.05) is 12.1 Å². The zero-order valence-corrected chi connectivity index (χ0v) is 14.0. The number of nitrogens with two attached hydrogens (primary N) is 1. The summed E-state index contributed by atoms with van der Waals surface area (Å²) in [6.45, 7) is 2.74. The first-order valence-corrected chi connectivity index (χ1v) is 8.03. The third-order valence-electron chi connectivity index (χ3n) is 3.83. The molecule has 1 heterocycles. The molecule has 0 aliphatic rings. The second-order valence-corrected chi connectivity index (χ2v) is 5.81. The van der Waals surface area contributed by atoms with Crippen LogP contribution in [0.3, 0.4) is 0 Å². The van der Waals surface area contributed by atoms with E-state index in [0.717, 1.165) is 5.82 Å². The molecule has 0 aliphatic heterocycles. The van der Waals surface area contributed by atoms with Gasteiger partial charge in [-0.2, -0.15) is 0 Å². The smallest absolute Gasteiger partial charge is 0.257 e. The largest absolute Gasteiger partial charge is 0.397 e. The Labute approximate surface area is 146 Å². The molecule has 1 amide bonds. The minimum absolute atomic E-state index is 0.240. The SMILES string of the molecule is Cc1ccc(CNc2ccc(C(=O)Nc3ccccc3N)cn2)cc1. The molecule has 4 N–H and O–H groups in total. The maximum Gasteiger partial charge on any atom is 0.257 e. The topological polar surface area (TPSA) is 80.0 Å². The predicted octanol–water partition coefficient (Wildman–Crippen LogP) is 3.84. The number of nitrogen functional groups attached to an aromatic ring is 1. The molecule has 0 fully saturated rings. The van der Waals surface area contributed by atoms with Gasteiger partial charge in [0.05, 0.1) is 16.9 Å². The van der Waals surface area contributed by atoms with Crippen LogP contribution in [0.2, 0.25) is 0 Å². The molecular weight excluding hydrogens is 312 g/mol. The van der Waals surface area contributed by atoms with Gasteiger partial charge in [-0.3, -0.25) is 4.79 Å². The number of aryl methyl sites for hydroxylation is 1. The van der Waals surface area contributed by atoms with E-state index < -0.39 is 0 Å². The van der Waals surface area contributed by atoms with Crippen molar-refractivity contribution in [3.8, 4) is 0 Å². The molecule has 3 aromatic rings. The summed E-state index contributed by atoms with van der Waals surface area (Å²) in [4.78, 5) is 16.6. The number of aromatic nitrogens is 1. The maximum atomic E-state index is 12.3.